The van der Waals surface area contributed by atoms with Gasteiger partial charge in [0, 0.05) is 7.05 Å². The van der Waals surface area contributed by atoms with E-state index < -0.39 is 18.0 Å². The van der Waals surface area contributed by atoms with E-state index in [9.17, 15) is 9.59 Å². The number of anilines is 1. The van der Waals surface area contributed by atoms with Gasteiger partial charge in [-0.1, -0.05) is 13.8 Å². The van der Waals surface area contributed by atoms with Gasteiger partial charge in [0.25, 0.3) is 5.91 Å². The molecule has 2 rings (SSSR count). The molecule has 0 radical (unpaired) electrons. The van der Waals surface area contributed by atoms with Crippen LogP contribution in [0.15, 0.2) is 18.2 Å². The van der Waals surface area contributed by atoms with Crippen LogP contribution in [0, 0.1) is 19.8 Å². The first-order chi connectivity index (χ1) is 13.6. The third kappa shape index (κ3) is 5.49. The number of hydrogen-bond donors (Lipinski definition) is 1. The summed E-state index contributed by atoms with van der Waals surface area (Å²) in [6.07, 6.45) is -0.982. The lowest BCUT2D eigenvalue weighted by molar-refractivity contribution is -0.123. The number of methoxy groups -OCH3 is 1. The van der Waals surface area contributed by atoms with Crippen molar-refractivity contribution in [1.82, 2.24) is 9.78 Å². The molecule has 0 aliphatic rings. The zero-order valence-corrected chi connectivity index (χ0v) is 18.0. The summed E-state index contributed by atoms with van der Waals surface area (Å²) >= 11 is 0. The van der Waals surface area contributed by atoms with E-state index in [0.29, 0.717) is 35.4 Å². The van der Waals surface area contributed by atoms with Crippen molar-refractivity contribution in [2.45, 2.75) is 40.7 Å². The SMILES string of the molecule is COc1cc(C(=O)O[C@@H](C)C(=O)Nc2c(C)nn(C)c2C)ccc1OCC(C)C. The fourth-order valence-electron chi connectivity index (χ4n) is 2.63. The van der Waals surface area contributed by atoms with Crippen molar-refractivity contribution >= 4 is 17.6 Å². The van der Waals surface area contributed by atoms with Gasteiger partial charge in [-0.3, -0.25) is 9.48 Å². The maximum Gasteiger partial charge on any atom is 0.339 e. The molecule has 1 aromatic heterocycles. The van der Waals surface area contributed by atoms with Gasteiger partial charge in [-0.05, 0) is 44.9 Å². The molecule has 0 saturated heterocycles. The molecule has 0 unspecified atom stereocenters. The van der Waals surface area contributed by atoms with Crippen LogP contribution >= 0.6 is 0 Å². The quantitative estimate of drug-likeness (QED) is 0.680. The van der Waals surface area contributed by atoms with Crippen molar-refractivity contribution in [3.05, 3.63) is 35.2 Å². The Morgan fingerprint density at radius 1 is 1.17 bits per heavy atom. The van der Waals surface area contributed by atoms with Gasteiger partial charge in [0.1, 0.15) is 0 Å². The summed E-state index contributed by atoms with van der Waals surface area (Å²) in [6.45, 7) is 9.78. The van der Waals surface area contributed by atoms with Crippen molar-refractivity contribution in [2.75, 3.05) is 19.0 Å². The number of carbonyl (C=O) groups excluding carboxylic acids is 2. The lowest BCUT2D eigenvalue weighted by atomic mass is 10.2. The molecule has 0 saturated carbocycles. The van der Waals surface area contributed by atoms with E-state index in [2.05, 4.69) is 10.4 Å². The zero-order valence-electron chi connectivity index (χ0n) is 18.0. The molecule has 0 aliphatic carbocycles. The van der Waals surface area contributed by atoms with E-state index >= 15 is 0 Å². The Balaban J connectivity index is 2.05. The molecule has 0 spiro atoms. The molecule has 0 fully saturated rings. The number of nitrogens with zero attached hydrogens (tertiary/aromatic N) is 2. The van der Waals surface area contributed by atoms with Crippen molar-refractivity contribution < 1.29 is 23.8 Å². The Morgan fingerprint density at radius 2 is 1.86 bits per heavy atom. The Kier molecular flexibility index (Phi) is 7.25. The summed E-state index contributed by atoms with van der Waals surface area (Å²) in [5, 5.41) is 7.02. The maximum absolute atomic E-state index is 12.5. The van der Waals surface area contributed by atoms with Crippen LogP contribution in [0.5, 0.6) is 11.5 Å². The highest BCUT2D eigenvalue weighted by Gasteiger charge is 2.22. The fourth-order valence-corrected chi connectivity index (χ4v) is 2.63. The minimum Gasteiger partial charge on any atom is -0.493 e. The van der Waals surface area contributed by atoms with E-state index in [-0.39, 0.29) is 5.56 Å². The van der Waals surface area contributed by atoms with Gasteiger partial charge in [0.15, 0.2) is 17.6 Å². The Labute approximate surface area is 171 Å². The van der Waals surface area contributed by atoms with E-state index in [0.717, 1.165) is 5.69 Å². The highest BCUT2D eigenvalue weighted by Crippen LogP contribution is 2.29. The van der Waals surface area contributed by atoms with E-state index in [1.807, 2.05) is 20.8 Å². The molecular weight excluding hydrogens is 374 g/mol. The van der Waals surface area contributed by atoms with Crippen LogP contribution in [0.1, 0.15) is 42.5 Å². The summed E-state index contributed by atoms with van der Waals surface area (Å²) in [7, 11) is 3.30. The third-order valence-corrected chi connectivity index (χ3v) is 4.38. The predicted octanol–water partition coefficient (Wildman–Crippen LogP) is 3.26. The molecule has 0 bridgehead atoms. The number of aryl methyl sites for hydroxylation is 2. The molecule has 8 heteroatoms. The molecule has 8 nitrogen and oxygen atoms in total. The van der Waals surface area contributed by atoms with Crippen molar-refractivity contribution in [3.63, 3.8) is 0 Å². The average molecular weight is 403 g/mol. The Bertz CT molecular complexity index is 889. The first-order valence-electron chi connectivity index (χ1n) is 9.46. The van der Waals surface area contributed by atoms with E-state index in [1.165, 1.54) is 20.1 Å². The van der Waals surface area contributed by atoms with Gasteiger partial charge in [0.2, 0.25) is 0 Å². The van der Waals surface area contributed by atoms with Gasteiger partial charge in [-0.25, -0.2) is 4.79 Å². The summed E-state index contributed by atoms with van der Waals surface area (Å²) in [4.78, 5) is 24.9. The number of nitrogens with one attached hydrogen (secondary N) is 1. The molecule has 1 aromatic carbocycles. The molecule has 158 valence electrons. The van der Waals surface area contributed by atoms with E-state index in [4.69, 9.17) is 14.2 Å². The minimum atomic E-state index is -0.982. The number of carbonyl (C=O) groups is 2. The second-order valence-corrected chi connectivity index (χ2v) is 7.28. The minimum absolute atomic E-state index is 0.270. The second-order valence-electron chi connectivity index (χ2n) is 7.28. The standard InChI is InChI=1S/C21H29N3O5/c1-12(2)11-28-17-9-8-16(10-18(17)27-7)21(26)29-15(5)20(25)22-19-13(3)23-24(6)14(19)4/h8-10,12,15H,11H2,1-7H3,(H,22,25)/t15-/m0/s1. The van der Waals surface area contributed by atoms with Crippen LogP contribution < -0.4 is 14.8 Å². The summed E-state index contributed by atoms with van der Waals surface area (Å²) < 4.78 is 18.0. The highest BCUT2D eigenvalue weighted by molar-refractivity contribution is 5.98. The molecule has 1 amide bonds. The third-order valence-electron chi connectivity index (χ3n) is 4.38. The van der Waals surface area contributed by atoms with Crippen LogP contribution in [0.2, 0.25) is 0 Å². The Morgan fingerprint density at radius 3 is 2.41 bits per heavy atom. The molecule has 0 aliphatic heterocycles. The molecule has 1 N–H and O–H groups in total. The van der Waals surface area contributed by atoms with Gasteiger partial charge in [0.05, 0.1) is 36.4 Å². The van der Waals surface area contributed by atoms with Crippen LogP contribution in [-0.4, -0.2) is 41.5 Å². The van der Waals surface area contributed by atoms with Crippen LogP contribution in [-0.2, 0) is 16.6 Å². The fraction of sp³-hybridized carbons (Fsp3) is 0.476. The van der Waals surface area contributed by atoms with Crippen LogP contribution in [0.25, 0.3) is 0 Å². The Hall–Kier alpha value is -3.03. The lowest BCUT2D eigenvalue weighted by Gasteiger charge is -2.15. The van der Waals surface area contributed by atoms with Gasteiger partial charge < -0.3 is 19.5 Å². The molecule has 1 heterocycles. The predicted molar refractivity (Wildman–Crippen MR) is 110 cm³/mol. The molecule has 2 aromatic rings. The molecular formula is C21H29N3O5. The number of amides is 1. The normalized spacial score (nSPS) is 11.9. The smallest absolute Gasteiger partial charge is 0.339 e. The number of ether oxygens (including phenoxy) is 3. The molecule has 1 atom stereocenters. The monoisotopic (exact) mass is 403 g/mol. The van der Waals surface area contributed by atoms with Crippen molar-refractivity contribution in [1.29, 1.82) is 0 Å². The summed E-state index contributed by atoms with van der Waals surface area (Å²) in [5.74, 6) is 0.281. The second kappa shape index (κ2) is 9.45. The van der Waals surface area contributed by atoms with Crippen molar-refractivity contribution in [2.24, 2.45) is 13.0 Å². The van der Waals surface area contributed by atoms with Crippen LogP contribution in [0.4, 0.5) is 5.69 Å². The first kappa shape index (κ1) is 22.3. The molecule has 29 heavy (non-hydrogen) atoms. The largest absolute Gasteiger partial charge is 0.493 e. The maximum atomic E-state index is 12.5. The highest BCUT2D eigenvalue weighted by atomic mass is 16.5. The number of esters is 1. The average Bonchev–Trinajstić information content (AvgIpc) is 2.91. The zero-order chi connectivity index (χ0) is 21.7. The van der Waals surface area contributed by atoms with Gasteiger partial charge in [-0.15, -0.1) is 0 Å². The summed E-state index contributed by atoms with van der Waals surface area (Å²) in [6, 6.07) is 4.78. The van der Waals surface area contributed by atoms with Crippen LogP contribution in [0.3, 0.4) is 0 Å². The lowest BCUT2D eigenvalue weighted by Crippen LogP contribution is -2.30. The van der Waals surface area contributed by atoms with E-state index in [1.54, 1.807) is 30.8 Å². The van der Waals surface area contributed by atoms with Crippen molar-refractivity contribution in [3.8, 4) is 11.5 Å². The number of rotatable bonds is 8. The summed E-state index contributed by atoms with van der Waals surface area (Å²) in [5.41, 5.74) is 2.40. The first-order valence-corrected chi connectivity index (χ1v) is 9.46. The number of hydrogen-bond acceptors (Lipinski definition) is 6. The number of aromatic nitrogens is 2. The number of benzene rings is 1. The van der Waals surface area contributed by atoms with Gasteiger partial charge in [-0.2, -0.15) is 5.10 Å². The van der Waals surface area contributed by atoms with Gasteiger partial charge >= 0.3 is 5.97 Å². The topological polar surface area (TPSA) is 91.7 Å².